The van der Waals surface area contributed by atoms with Crippen molar-refractivity contribution in [3.8, 4) is 155 Å². The van der Waals surface area contributed by atoms with Gasteiger partial charge in [-0.1, -0.05) is 121 Å². The summed E-state index contributed by atoms with van der Waals surface area (Å²) < 4.78 is 4.16. The smallest absolute Gasteiger partial charge is 0.197 e. The van der Waals surface area contributed by atoms with Gasteiger partial charge >= 0.3 is 0 Å². The molecule has 506 valence electrons. The highest BCUT2D eigenvalue weighted by Crippen LogP contribution is 2.50. The molecule has 13 aromatic carbocycles. The Morgan fingerprint density at radius 2 is 0.607 bits per heavy atom. The maximum atomic E-state index is 10.8. The fourth-order valence-electron chi connectivity index (χ4n) is 14.8. The molecule has 0 N–H and O–H groups in total. The third-order valence-corrected chi connectivity index (χ3v) is 19.7. The number of rotatable bonds is 11. The van der Waals surface area contributed by atoms with Crippen LogP contribution in [0.1, 0.15) is 38.9 Å². The lowest BCUT2D eigenvalue weighted by Gasteiger charge is -2.21. The first kappa shape index (κ1) is 68.3. The Morgan fingerprint density at radius 1 is 0.250 bits per heavy atom. The molecule has 18 nitrogen and oxygen atoms in total. The predicted octanol–water partition coefficient (Wildman–Crippen LogP) is 23.5. The summed E-state index contributed by atoms with van der Waals surface area (Å²) in [7, 11) is 0. The fourth-order valence-corrected chi connectivity index (χ4v) is 14.8. The van der Waals surface area contributed by atoms with Crippen LogP contribution in [0.4, 0.5) is 34.1 Å². The molecule has 3 heterocycles. The summed E-state index contributed by atoms with van der Waals surface area (Å²) >= 11 is 0. The van der Waals surface area contributed by atoms with E-state index in [1.807, 2.05) is 176 Å². The number of nitrogens with zero attached hydrogens (tertiary/aromatic N) is 18. The third kappa shape index (κ3) is 11.6. The van der Waals surface area contributed by atoms with Gasteiger partial charge in [-0.3, -0.25) is 0 Å². The molecule has 18 heteroatoms. The summed E-state index contributed by atoms with van der Waals surface area (Å²) in [4.78, 5) is 38.1. The molecular formula is C94H40N18. The molecule has 0 aliphatic carbocycles. The maximum absolute atomic E-state index is 10.8. The molecule has 0 amide bonds. The highest BCUT2D eigenvalue weighted by Gasteiger charge is 2.28. The van der Waals surface area contributed by atoms with Gasteiger partial charge in [0.2, 0.25) is 0 Å². The third-order valence-electron chi connectivity index (χ3n) is 19.7. The van der Waals surface area contributed by atoms with Crippen LogP contribution in [0.25, 0.3) is 185 Å². The average molecular weight is 1420 g/mol. The molecule has 0 aliphatic rings. The minimum Gasteiger partial charge on any atom is -0.309 e. The van der Waals surface area contributed by atoms with Crippen molar-refractivity contribution in [1.82, 2.24) is 24.1 Å². The van der Waals surface area contributed by atoms with Crippen LogP contribution in [0.3, 0.4) is 0 Å². The lowest BCUT2D eigenvalue weighted by Crippen LogP contribution is -2.04. The fraction of sp³-hybridized carbons (Fsp3) is 0. The second kappa shape index (κ2) is 28.1. The molecule has 0 atom stereocenters. The number of benzene rings is 13. The van der Waals surface area contributed by atoms with E-state index in [2.05, 4.69) is 80.7 Å². The molecule has 0 saturated heterocycles. The molecule has 16 aromatic rings. The van der Waals surface area contributed by atoms with E-state index in [1.54, 1.807) is 18.2 Å². The van der Waals surface area contributed by atoms with Crippen LogP contribution in [0.2, 0.25) is 0 Å². The van der Waals surface area contributed by atoms with Gasteiger partial charge < -0.3 is 9.13 Å². The Hall–Kier alpha value is -18.2. The molecule has 0 fully saturated rings. The molecule has 16 rings (SSSR count). The maximum Gasteiger partial charge on any atom is 0.197 e. The van der Waals surface area contributed by atoms with Crippen LogP contribution in [0.15, 0.2) is 243 Å². The Labute approximate surface area is 639 Å². The molecule has 0 unspecified atom stereocenters. The van der Waals surface area contributed by atoms with Gasteiger partial charge in [0.1, 0.15) is 0 Å². The Bertz CT molecular complexity index is 6990. The largest absolute Gasteiger partial charge is 0.309 e. The number of fused-ring (bicyclic) bond motifs is 6. The SMILES string of the molecule is [C-]#[N+]c1cc(C#N)c(-c2ccc3c(c2)c2cc(-c4c(C#N)cc(C#N)cc4[N+]#[C-])ccc2n3-c2ccc(-c3nc(-c4ccccc4)nc(-c4ccccc4)n3)cc2-c2ccc(-c3cccc(C#N)c3)cc2-n2c3ccc(-c4c(C#N)cc(C#N)cc4[N+]#[C-])cc3c3cc(-c4c(C#N)cc([N+]#[C-])cc4[N+]#[C-])ccc32)c([N+]#[C-])c1. The van der Waals surface area contributed by atoms with E-state index >= 15 is 0 Å². The van der Waals surface area contributed by atoms with Crippen molar-refractivity contribution in [3.05, 3.63) is 350 Å². The van der Waals surface area contributed by atoms with Crippen molar-refractivity contribution in [1.29, 1.82) is 36.8 Å². The first-order valence-corrected chi connectivity index (χ1v) is 34.1. The first-order chi connectivity index (χ1) is 54.9. The van der Waals surface area contributed by atoms with Gasteiger partial charge in [-0.05, 0) is 155 Å². The van der Waals surface area contributed by atoms with Gasteiger partial charge in [0.25, 0.3) is 0 Å². The lowest BCUT2D eigenvalue weighted by atomic mass is 9.94. The topological polar surface area (TPSA) is 241 Å². The monoisotopic (exact) mass is 1420 g/mol. The Balaban J connectivity index is 1.06. The molecule has 0 spiro atoms. The highest BCUT2D eigenvalue weighted by atomic mass is 15.0. The first-order valence-electron chi connectivity index (χ1n) is 34.1. The molecule has 112 heavy (non-hydrogen) atoms. The molecule has 0 bridgehead atoms. The van der Waals surface area contributed by atoms with Gasteiger partial charge in [-0.15, -0.1) is 0 Å². The van der Waals surface area contributed by atoms with Gasteiger partial charge in [0.05, 0.1) is 132 Å². The van der Waals surface area contributed by atoms with Crippen molar-refractivity contribution in [2.45, 2.75) is 0 Å². The number of hydrogen-bond donors (Lipinski definition) is 0. The van der Waals surface area contributed by atoms with Gasteiger partial charge in [-0.2, -0.15) is 36.8 Å². The Morgan fingerprint density at radius 3 is 1.00 bits per heavy atom. The molecular weight excluding hydrogens is 1380 g/mol. The van der Waals surface area contributed by atoms with Gasteiger partial charge in [-0.25, -0.2) is 44.0 Å². The summed E-state index contributed by atoms with van der Waals surface area (Å²) in [6.45, 7) is 49.3. The van der Waals surface area contributed by atoms with Crippen molar-refractivity contribution in [2.75, 3.05) is 0 Å². The van der Waals surface area contributed by atoms with Crippen LogP contribution in [-0.2, 0) is 0 Å². The molecule has 0 radical (unpaired) electrons. The van der Waals surface area contributed by atoms with Crippen LogP contribution in [0.5, 0.6) is 0 Å². The normalized spacial score (nSPS) is 10.6. The quantitative estimate of drug-likeness (QED) is 0.111. The zero-order chi connectivity index (χ0) is 77.4. The zero-order valence-corrected chi connectivity index (χ0v) is 58.1. The molecule has 3 aromatic heterocycles. The van der Waals surface area contributed by atoms with E-state index in [0.717, 1.165) is 11.1 Å². The number of aromatic nitrogens is 5. The van der Waals surface area contributed by atoms with Crippen LogP contribution in [-0.4, -0.2) is 24.1 Å². The van der Waals surface area contributed by atoms with Crippen molar-refractivity contribution in [3.63, 3.8) is 0 Å². The average Bonchev–Trinajstić information content (AvgIpc) is 1.56. The van der Waals surface area contributed by atoms with Crippen LogP contribution in [0, 0.1) is 119 Å². The van der Waals surface area contributed by atoms with E-state index in [0.29, 0.717) is 145 Å². The second-order valence-corrected chi connectivity index (χ2v) is 25.7. The summed E-state index contributed by atoms with van der Waals surface area (Å²) in [6, 6.07) is 87.5. The number of nitriles is 7. The molecule has 0 aliphatic heterocycles. The van der Waals surface area contributed by atoms with E-state index in [4.69, 9.17) is 54.4 Å². The van der Waals surface area contributed by atoms with Crippen LogP contribution < -0.4 is 0 Å². The van der Waals surface area contributed by atoms with E-state index in [1.165, 1.54) is 48.5 Å². The summed E-state index contributed by atoms with van der Waals surface area (Å²) in [5.74, 6) is 1.09. The number of hydrogen-bond acceptors (Lipinski definition) is 10. The van der Waals surface area contributed by atoms with E-state index in [9.17, 15) is 36.8 Å². The minimum atomic E-state index is 0.0636. The highest BCUT2D eigenvalue weighted by molar-refractivity contribution is 6.15. The van der Waals surface area contributed by atoms with Gasteiger partial charge in [0.15, 0.2) is 51.6 Å². The minimum absolute atomic E-state index is 0.0636. The van der Waals surface area contributed by atoms with Gasteiger partial charge in [0, 0.05) is 93.9 Å². The predicted molar refractivity (Wildman–Crippen MR) is 428 cm³/mol. The zero-order valence-electron chi connectivity index (χ0n) is 58.1. The lowest BCUT2D eigenvalue weighted by molar-refractivity contribution is 1.07. The van der Waals surface area contributed by atoms with Crippen molar-refractivity contribution < 1.29 is 0 Å². The second-order valence-electron chi connectivity index (χ2n) is 25.7. The van der Waals surface area contributed by atoms with E-state index < -0.39 is 0 Å². The Kier molecular flexibility index (Phi) is 17.1. The standard InChI is InChI=1S/C94H40N18/c1-102-70-37-68(52-100)90(80(45-70)106-5)63-22-28-84-75(41-63)74-39-61(88-66(50-98)33-55(48-96)35-78(88)104-3)21-27-83(74)111(84)82-31-25-65(94-109-92(57-15-9-7-10-16-57)108-93(110-94)58-17-11-8-12-18-58)43-73(82)72-26-20-60(59-19-13-14-54(32-59)47-95)44-87(72)112-85-29-23-62(89-67(51-99)34-56(49-97)36-79(89)105-4)40-76(85)77-42-64(24-30-86(77)112)91-69(53-101)38-71(103-2)46-81(91)107-6/h7-46H. The summed E-state index contributed by atoms with van der Waals surface area (Å²) in [5.41, 5.74) is 12.6. The summed E-state index contributed by atoms with van der Waals surface area (Å²) in [6.07, 6.45) is 0. The molecule has 0 saturated carbocycles. The van der Waals surface area contributed by atoms with Crippen molar-refractivity contribution >= 4 is 77.7 Å². The van der Waals surface area contributed by atoms with E-state index in [-0.39, 0.29) is 73.1 Å². The van der Waals surface area contributed by atoms with Crippen LogP contribution >= 0.6 is 0 Å². The van der Waals surface area contributed by atoms with Crippen molar-refractivity contribution in [2.24, 2.45) is 0 Å². The summed E-state index contributed by atoms with van der Waals surface area (Å²) in [5, 5.41) is 76.1.